The second kappa shape index (κ2) is 10.4. The van der Waals surface area contributed by atoms with Gasteiger partial charge in [0.2, 0.25) is 5.91 Å². The Morgan fingerprint density at radius 3 is 2.64 bits per heavy atom. The van der Waals surface area contributed by atoms with Gasteiger partial charge in [-0.25, -0.2) is 14.0 Å². The van der Waals surface area contributed by atoms with Gasteiger partial charge in [-0.15, -0.1) is 0 Å². The van der Waals surface area contributed by atoms with Gasteiger partial charge in [0.15, 0.2) is 11.4 Å². The highest BCUT2D eigenvalue weighted by Crippen LogP contribution is 2.45. The van der Waals surface area contributed by atoms with E-state index in [9.17, 15) is 19.2 Å². The molecule has 12 heteroatoms. The second-order valence-electron chi connectivity index (χ2n) is 10.2. The maximum atomic E-state index is 15.2. The van der Waals surface area contributed by atoms with Gasteiger partial charge in [-0.3, -0.25) is 19.8 Å². The molecule has 2 aromatic rings. The molecule has 0 bridgehead atoms. The molecule has 4 amide bonds. The van der Waals surface area contributed by atoms with Gasteiger partial charge in [0.25, 0.3) is 5.91 Å². The Kier molecular flexibility index (Phi) is 7.11. The lowest BCUT2D eigenvalue weighted by molar-refractivity contribution is -0.141. The third-order valence-corrected chi connectivity index (χ3v) is 7.81. The highest BCUT2D eigenvalue weighted by molar-refractivity contribution is 6.31. The van der Waals surface area contributed by atoms with Crippen LogP contribution in [0.2, 0.25) is 5.02 Å². The largest absolute Gasteiger partial charge is 0.465 e. The first-order chi connectivity index (χ1) is 18.6. The molecule has 1 spiro atoms. The number of ether oxygens (including phenoxy) is 1. The fourth-order valence-electron chi connectivity index (χ4n) is 5.28. The molecule has 1 saturated carbocycles. The van der Waals surface area contributed by atoms with Crippen molar-refractivity contribution in [1.82, 2.24) is 10.2 Å². The summed E-state index contributed by atoms with van der Waals surface area (Å²) in [4.78, 5) is 53.0. The maximum absolute atomic E-state index is 15.2. The number of benzene rings is 2. The first kappa shape index (κ1) is 26.7. The Hall–Kier alpha value is -3.86. The predicted octanol–water partition coefficient (Wildman–Crippen LogP) is 4.57. The van der Waals surface area contributed by atoms with E-state index in [0.717, 1.165) is 17.7 Å². The van der Waals surface area contributed by atoms with Crippen LogP contribution in [0.3, 0.4) is 0 Å². The molecule has 2 atom stereocenters. The molecular weight excluding hydrogens is 531 g/mol. The standard InChI is InChI=1S/C27H28ClFN4O6/c1-32(26(37)38)17-7-5-16(6-8-17)23(34)30-20(13-15-3-4-15)24(35)33-12-2-11-27(14-33)21-19(31-25(36)39-27)10-9-18(28)22(21)29/h5-10,15,20H,2-4,11-14H2,1H3,(H,30,34)(H,31,36)(H,37,38)/t20-,27-/m0/s1. The molecule has 3 N–H and O–H groups in total. The number of hydrogen-bond acceptors (Lipinski definition) is 5. The number of nitrogens with zero attached hydrogens (tertiary/aromatic N) is 2. The van der Waals surface area contributed by atoms with E-state index < -0.39 is 35.6 Å². The highest BCUT2D eigenvalue weighted by atomic mass is 35.5. The van der Waals surface area contributed by atoms with E-state index in [4.69, 9.17) is 21.4 Å². The molecule has 10 nitrogen and oxygen atoms in total. The van der Waals surface area contributed by atoms with Crippen molar-refractivity contribution in [2.45, 2.75) is 43.7 Å². The molecule has 39 heavy (non-hydrogen) atoms. The van der Waals surface area contributed by atoms with Crippen molar-refractivity contribution in [2.24, 2.45) is 5.92 Å². The molecule has 0 unspecified atom stereocenters. The molecule has 2 aliphatic heterocycles. The SMILES string of the molecule is CN(C(=O)O)c1ccc(C(=O)N[C@@H](CC2CC2)C(=O)N2CCC[C@@]3(C2)OC(=O)Nc2ccc(Cl)c(F)c23)cc1. The van der Waals surface area contributed by atoms with E-state index in [-0.39, 0.29) is 34.3 Å². The molecule has 2 aromatic carbocycles. The normalized spacial score (nSPS) is 20.9. The number of likely N-dealkylation sites (tertiary alicyclic amines) is 1. The van der Waals surface area contributed by atoms with Crippen molar-refractivity contribution in [3.63, 3.8) is 0 Å². The second-order valence-corrected chi connectivity index (χ2v) is 10.7. The zero-order valence-electron chi connectivity index (χ0n) is 21.2. The van der Waals surface area contributed by atoms with Gasteiger partial charge < -0.3 is 20.1 Å². The monoisotopic (exact) mass is 558 g/mol. The minimum atomic E-state index is -1.40. The van der Waals surface area contributed by atoms with Crippen LogP contribution in [-0.2, 0) is 15.1 Å². The molecule has 2 fully saturated rings. The first-order valence-electron chi connectivity index (χ1n) is 12.7. The number of carbonyl (C=O) groups excluding carboxylic acids is 3. The van der Waals surface area contributed by atoms with Crippen molar-refractivity contribution < 1.29 is 33.4 Å². The van der Waals surface area contributed by atoms with E-state index >= 15 is 4.39 Å². The molecule has 5 rings (SSSR count). The molecule has 1 aliphatic carbocycles. The Bertz CT molecular complexity index is 1330. The maximum Gasteiger partial charge on any atom is 0.412 e. The number of nitrogens with one attached hydrogen (secondary N) is 2. The summed E-state index contributed by atoms with van der Waals surface area (Å²) in [6.07, 6.45) is 1.26. The van der Waals surface area contributed by atoms with Crippen molar-refractivity contribution >= 4 is 47.0 Å². The molecule has 1 saturated heterocycles. The van der Waals surface area contributed by atoms with Crippen LogP contribution in [0.25, 0.3) is 0 Å². The number of anilines is 2. The van der Waals surface area contributed by atoms with Crippen LogP contribution in [0.15, 0.2) is 36.4 Å². The number of amides is 4. The van der Waals surface area contributed by atoms with E-state index in [0.29, 0.717) is 37.4 Å². The van der Waals surface area contributed by atoms with E-state index in [1.54, 1.807) is 0 Å². The zero-order chi connectivity index (χ0) is 27.9. The van der Waals surface area contributed by atoms with Gasteiger partial charge in [-0.05, 0) is 61.6 Å². The highest BCUT2D eigenvalue weighted by Gasteiger charge is 2.49. The quantitative estimate of drug-likeness (QED) is 0.476. The van der Waals surface area contributed by atoms with Crippen LogP contribution < -0.4 is 15.5 Å². The first-order valence-corrected chi connectivity index (χ1v) is 13.1. The third-order valence-electron chi connectivity index (χ3n) is 7.51. The minimum Gasteiger partial charge on any atom is -0.465 e. The van der Waals surface area contributed by atoms with Crippen molar-refractivity contribution in [1.29, 1.82) is 0 Å². The molecule has 206 valence electrons. The Morgan fingerprint density at radius 2 is 1.97 bits per heavy atom. The summed E-state index contributed by atoms with van der Waals surface area (Å²) in [6, 6.07) is 8.05. The Balaban J connectivity index is 1.36. The van der Waals surface area contributed by atoms with Gasteiger partial charge >= 0.3 is 12.2 Å². The number of hydrogen-bond donors (Lipinski definition) is 3. The average Bonchev–Trinajstić information content (AvgIpc) is 3.73. The summed E-state index contributed by atoms with van der Waals surface area (Å²) in [5, 5.41) is 14.4. The number of carbonyl (C=O) groups is 4. The summed E-state index contributed by atoms with van der Waals surface area (Å²) in [7, 11) is 1.39. The lowest BCUT2D eigenvalue weighted by Crippen LogP contribution is -2.57. The van der Waals surface area contributed by atoms with Crippen LogP contribution in [0.1, 0.15) is 48.0 Å². The topological polar surface area (TPSA) is 128 Å². The lowest BCUT2D eigenvalue weighted by atomic mass is 9.82. The summed E-state index contributed by atoms with van der Waals surface area (Å²) >= 11 is 6.05. The van der Waals surface area contributed by atoms with E-state index in [1.807, 2.05) is 0 Å². The zero-order valence-corrected chi connectivity index (χ0v) is 22.0. The smallest absolute Gasteiger partial charge is 0.412 e. The van der Waals surface area contributed by atoms with Crippen molar-refractivity contribution in [3.05, 3.63) is 58.4 Å². The van der Waals surface area contributed by atoms with Gasteiger partial charge in [-0.2, -0.15) is 0 Å². The van der Waals surface area contributed by atoms with Gasteiger partial charge in [0, 0.05) is 24.8 Å². The number of piperidine rings is 1. The van der Waals surface area contributed by atoms with Crippen LogP contribution in [0.4, 0.5) is 25.4 Å². The number of carboxylic acid groups (broad SMARTS) is 1. The fourth-order valence-corrected chi connectivity index (χ4v) is 5.44. The summed E-state index contributed by atoms with van der Waals surface area (Å²) in [5.41, 5.74) is -0.365. The van der Waals surface area contributed by atoms with E-state index in [2.05, 4.69) is 10.6 Å². The number of fused-ring (bicyclic) bond motifs is 2. The Labute approximate surface area is 229 Å². The van der Waals surface area contributed by atoms with Gasteiger partial charge in [0.1, 0.15) is 6.04 Å². The van der Waals surface area contributed by atoms with Crippen LogP contribution in [-0.4, -0.2) is 60.2 Å². The average molecular weight is 559 g/mol. The molecule has 2 heterocycles. The van der Waals surface area contributed by atoms with Crippen LogP contribution in [0.5, 0.6) is 0 Å². The van der Waals surface area contributed by atoms with Crippen LogP contribution >= 0.6 is 11.6 Å². The van der Waals surface area contributed by atoms with E-state index in [1.165, 1.54) is 48.3 Å². The number of rotatable bonds is 6. The van der Waals surface area contributed by atoms with Gasteiger partial charge in [-0.1, -0.05) is 24.4 Å². The third kappa shape index (κ3) is 5.36. The lowest BCUT2D eigenvalue weighted by Gasteiger charge is -2.45. The van der Waals surface area contributed by atoms with Crippen molar-refractivity contribution in [2.75, 3.05) is 30.4 Å². The fraction of sp³-hybridized carbons (Fsp3) is 0.407. The summed E-state index contributed by atoms with van der Waals surface area (Å²) < 4.78 is 20.9. The molecular formula is C27H28ClFN4O6. The number of halogens is 2. The minimum absolute atomic E-state index is 0.0726. The summed E-state index contributed by atoms with van der Waals surface area (Å²) in [5.74, 6) is -1.21. The summed E-state index contributed by atoms with van der Waals surface area (Å²) in [6.45, 7) is 0.285. The van der Waals surface area contributed by atoms with Gasteiger partial charge in [0.05, 0.1) is 22.8 Å². The molecule has 3 aliphatic rings. The molecule has 0 radical (unpaired) electrons. The van der Waals surface area contributed by atoms with Crippen LogP contribution in [0, 0.1) is 11.7 Å². The molecule has 0 aromatic heterocycles. The van der Waals surface area contributed by atoms with Crippen molar-refractivity contribution in [3.8, 4) is 0 Å². The predicted molar refractivity (Wildman–Crippen MR) is 140 cm³/mol. The Morgan fingerprint density at radius 1 is 1.26 bits per heavy atom.